The third-order valence-electron chi connectivity index (χ3n) is 3.01. The largest absolute Gasteiger partial charge is 0.405 e. The van der Waals surface area contributed by atoms with Crippen LogP contribution in [0, 0.1) is 6.92 Å². The lowest BCUT2D eigenvalue weighted by molar-refractivity contribution is -0.137. The molecule has 0 bridgehead atoms. The molecule has 0 aliphatic heterocycles. The molecule has 2 aromatic rings. The zero-order chi connectivity index (χ0) is 18.0. The van der Waals surface area contributed by atoms with Gasteiger partial charge in [0, 0.05) is 11.6 Å². The first kappa shape index (κ1) is 18.1. The SMILES string of the molecule is Cc1cnc2c(S(=O)(=O)NCC(=O)NCC(F)(F)F)cccc2c1. The van der Waals surface area contributed by atoms with E-state index in [2.05, 4.69) is 4.98 Å². The summed E-state index contributed by atoms with van der Waals surface area (Å²) < 4.78 is 62.5. The van der Waals surface area contributed by atoms with Crippen LogP contribution in [0.15, 0.2) is 35.4 Å². The van der Waals surface area contributed by atoms with E-state index in [1.165, 1.54) is 18.3 Å². The van der Waals surface area contributed by atoms with Crippen LogP contribution in [0.2, 0.25) is 0 Å². The minimum absolute atomic E-state index is 0.149. The fraction of sp³-hybridized carbons (Fsp3) is 0.286. The van der Waals surface area contributed by atoms with Crippen LogP contribution < -0.4 is 10.0 Å². The van der Waals surface area contributed by atoms with E-state index >= 15 is 0 Å². The Morgan fingerprint density at radius 1 is 1.29 bits per heavy atom. The zero-order valence-corrected chi connectivity index (χ0v) is 13.3. The minimum Gasteiger partial charge on any atom is -0.346 e. The summed E-state index contributed by atoms with van der Waals surface area (Å²) in [4.78, 5) is 15.2. The maximum Gasteiger partial charge on any atom is 0.405 e. The summed E-state index contributed by atoms with van der Waals surface area (Å²) in [5, 5.41) is 2.18. The second-order valence-electron chi connectivity index (χ2n) is 5.06. The number of hydrogen-bond acceptors (Lipinski definition) is 4. The van der Waals surface area contributed by atoms with Gasteiger partial charge in [-0.1, -0.05) is 12.1 Å². The van der Waals surface area contributed by atoms with Crippen molar-refractivity contribution in [1.29, 1.82) is 0 Å². The van der Waals surface area contributed by atoms with Gasteiger partial charge in [0.2, 0.25) is 15.9 Å². The number of alkyl halides is 3. The van der Waals surface area contributed by atoms with Gasteiger partial charge >= 0.3 is 6.18 Å². The van der Waals surface area contributed by atoms with E-state index in [0.717, 1.165) is 5.56 Å². The van der Waals surface area contributed by atoms with E-state index in [-0.39, 0.29) is 10.4 Å². The molecular formula is C14H14F3N3O3S. The molecule has 10 heteroatoms. The Bertz CT molecular complexity index is 866. The number of nitrogens with one attached hydrogen (secondary N) is 2. The summed E-state index contributed by atoms with van der Waals surface area (Å²) in [7, 11) is -4.10. The number of para-hydroxylation sites is 1. The number of nitrogens with zero attached hydrogens (tertiary/aromatic N) is 1. The third kappa shape index (κ3) is 4.65. The maximum absolute atomic E-state index is 12.3. The molecule has 0 aliphatic carbocycles. The second-order valence-corrected chi connectivity index (χ2v) is 6.79. The molecule has 0 spiro atoms. The maximum atomic E-state index is 12.3. The number of amides is 1. The summed E-state index contributed by atoms with van der Waals surface area (Å²) >= 11 is 0. The van der Waals surface area contributed by atoms with Crippen molar-refractivity contribution < 1.29 is 26.4 Å². The number of pyridine rings is 1. The Morgan fingerprint density at radius 2 is 2.00 bits per heavy atom. The van der Waals surface area contributed by atoms with E-state index in [1.807, 2.05) is 4.72 Å². The Kier molecular flexibility index (Phi) is 5.09. The Balaban J connectivity index is 2.15. The van der Waals surface area contributed by atoms with Crippen LogP contribution in [-0.2, 0) is 14.8 Å². The van der Waals surface area contributed by atoms with E-state index in [9.17, 15) is 26.4 Å². The van der Waals surface area contributed by atoms with E-state index < -0.39 is 35.2 Å². The quantitative estimate of drug-likeness (QED) is 0.845. The number of benzene rings is 1. The van der Waals surface area contributed by atoms with Gasteiger partial charge in [-0.25, -0.2) is 13.1 Å². The summed E-state index contributed by atoms with van der Waals surface area (Å²) in [6, 6.07) is 6.25. The van der Waals surface area contributed by atoms with Crippen molar-refractivity contribution in [3.8, 4) is 0 Å². The first-order chi connectivity index (χ1) is 11.1. The molecule has 24 heavy (non-hydrogen) atoms. The van der Waals surface area contributed by atoms with Gasteiger partial charge < -0.3 is 5.32 Å². The molecule has 1 aromatic carbocycles. The number of halogens is 3. The highest BCUT2D eigenvalue weighted by molar-refractivity contribution is 7.89. The van der Waals surface area contributed by atoms with Gasteiger partial charge in [0.1, 0.15) is 11.4 Å². The monoisotopic (exact) mass is 361 g/mol. The fourth-order valence-electron chi connectivity index (χ4n) is 1.96. The van der Waals surface area contributed by atoms with Crippen molar-refractivity contribution in [3.05, 3.63) is 36.0 Å². The van der Waals surface area contributed by atoms with Crippen molar-refractivity contribution >= 4 is 26.8 Å². The molecule has 0 radical (unpaired) electrons. The molecule has 2 rings (SSSR count). The molecule has 1 aromatic heterocycles. The molecule has 0 saturated carbocycles. The van der Waals surface area contributed by atoms with Crippen molar-refractivity contribution in [2.24, 2.45) is 0 Å². The summed E-state index contributed by atoms with van der Waals surface area (Å²) in [6.45, 7) is -0.528. The Hall–Kier alpha value is -2.20. The molecule has 0 aliphatic rings. The fourth-order valence-corrected chi connectivity index (χ4v) is 3.12. The van der Waals surface area contributed by atoms with E-state index in [0.29, 0.717) is 5.39 Å². The molecule has 6 nitrogen and oxygen atoms in total. The van der Waals surface area contributed by atoms with Crippen molar-refractivity contribution in [2.45, 2.75) is 18.0 Å². The zero-order valence-electron chi connectivity index (χ0n) is 12.5. The molecule has 1 heterocycles. The van der Waals surface area contributed by atoms with Gasteiger partial charge in [-0.3, -0.25) is 9.78 Å². The summed E-state index contributed by atoms with van der Waals surface area (Å²) in [6.07, 6.45) is -3.07. The number of aryl methyl sites for hydroxylation is 1. The van der Waals surface area contributed by atoms with Crippen LogP contribution in [-0.4, -0.2) is 38.6 Å². The van der Waals surface area contributed by atoms with Gasteiger partial charge in [0.25, 0.3) is 0 Å². The van der Waals surface area contributed by atoms with E-state index in [1.54, 1.807) is 24.4 Å². The van der Waals surface area contributed by atoms with Crippen LogP contribution >= 0.6 is 0 Å². The Morgan fingerprint density at radius 3 is 2.67 bits per heavy atom. The number of aromatic nitrogens is 1. The average Bonchev–Trinajstić information content (AvgIpc) is 2.49. The van der Waals surface area contributed by atoms with Crippen molar-refractivity contribution in [3.63, 3.8) is 0 Å². The van der Waals surface area contributed by atoms with Crippen LogP contribution in [0.25, 0.3) is 10.9 Å². The Labute approximate surface area is 136 Å². The third-order valence-corrected chi connectivity index (χ3v) is 4.44. The van der Waals surface area contributed by atoms with Crippen LogP contribution in [0.3, 0.4) is 0 Å². The molecule has 0 fully saturated rings. The van der Waals surface area contributed by atoms with Gasteiger partial charge in [-0.2, -0.15) is 13.2 Å². The van der Waals surface area contributed by atoms with Crippen molar-refractivity contribution in [2.75, 3.05) is 13.1 Å². The number of rotatable bonds is 5. The van der Waals surface area contributed by atoms with Gasteiger partial charge in [-0.05, 0) is 24.6 Å². The highest BCUT2D eigenvalue weighted by atomic mass is 32.2. The van der Waals surface area contributed by atoms with Gasteiger partial charge in [0.05, 0.1) is 12.1 Å². The van der Waals surface area contributed by atoms with Crippen molar-refractivity contribution in [1.82, 2.24) is 15.0 Å². The standard InChI is InChI=1S/C14H14F3N3O3S/c1-9-5-10-3-2-4-11(13(10)18-6-9)24(22,23)20-7-12(21)19-8-14(15,16)17/h2-6,20H,7-8H2,1H3,(H,19,21). The molecule has 1 amide bonds. The van der Waals surface area contributed by atoms with Gasteiger partial charge in [-0.15, -0.1) is 0 Å². The molecule has 130 valence electrons. The number of fused-ring (bicyclic) bond motifs is 1. The lowest BCUT2D eigenvalue weighted by Crippen LogP contribution is -2.40. The van der Waals surface area contributed by atoms with Crippen LogP contribution in [0.5, 0.6) is 0 Å². The highest BCUT2D eigenvalue weighted by Gasteiger charge is 2.28. The molecule has 0 saturated heterocycles. The van der Waals surface area contributed by atoms with E-state index in [4.69, 9.17) is 0 Å². The van der Waals surface area contributed by atoms with Crippen LogP contribution in [0.4, 0.5) is 13.2 Å². The molecule has 0 atom stereocenters. The first-order valence-corrected chi connectivity index (χ1v) is 8.25. The second kappa shape index (κ2) is 6.73. The molecule has 2 N–H and O–H groups in total. The average molecular weight is 361 g/mol. The smallest absolute Gasteiger partial charge is 0.346 e. The predicted molar refractivity (Wildman–Crippen MR) is 80.7 cm³/mol. The molecular weight excluding hydrogens is 347 g/mol. The highest BCUT2D eigenvalue weighted by Crippen LogP contribution is 2.21. The minimum atomic E-state index is -4.56. The summed E-state index contributed by atoms with van der Waals surface area (Å²) in [5.74, 6) is -1.08. The molecule has 0 unspecified atom stereocenters. The normalized spacial score (nSPS) is 12.3. The van der Waals surface area contributed by atoms with Crippen LogP contribution in [0.1, 0.15) is 5.56 Å². The number of sulfonamides is 1. The number of carbonyl (C=O) groups is 1. The number of carbonyl (C=O) groups excluding carboxylic acids is 1. The lowest BCUT2D eigenvalue weighted by atomic mass is 10.2. The summed E-state index contributed by atoms with van der Waals surface area (Å²) in [5.41, 5.74) is 1.06. The van der Waals surface area contributed by atoms with Gasteiger partial charge in [0.15, 0.2) is 0 Å². The lowest BCUT2D eigenvalue weighted by Gasteiger charge is -2.11. The first-order valence-electron chi connectivity index (χ1n) is 6.77. The predicted octanol–water partition coefficient (Wildman–Crippen LogP) is 1.50. The topological polar surface area (TPSA) is 88.2 Å². The number of hydrogen-bond donors (Lipinski definition) is 2.